The number of hydrogen-bond donors (Lipinski definition) is 1. The van der Waals surface area contributed by atoms with Gasteiger partial charge in [0, 0.05) is 5.70 Å². The second-order valence-electron chi connectivity index (χ2n) is 7.69. The first-order valence-electron chi connectivity index (χ1n) is 11.0. The summed E-state index contributed by atoms with van der Waals surface area (Å²) in [5.74, 6) is 1.66. The molecule has 0 fully saturated rings. The zero-order valence-corrected chi connectivity index (χ0v) is 19.0. The molecule has 1 aromatic heterocycles. The fourth-order valence-electron chi connectivity index (χ4n) is 4.06. The van der Waals surface area contributed by atoms with E-state index in [1.165, 1.54) is 7.11 Å². The second kappa shape index (κ2) is 9.34. The number of rotatable bonds is 8. The molecule has 1 aliphatic rings. The molecule has 0 aliphatic carbocycles. The number of carbonyl (C=O) groups is 1. The Labute approximate surface area is 188 Å². The molecule has 0 bridgehead atoms. The summed E-state index contributed by atoms with van der Waals surface area (Å²) < 4.78 is 19.1. The van der Waals surface area contributed by atoms with Gasteiger partial charge in [0.05, 0.1) is 43.0 Å². The number of allylic oxidation sites excluding steroid dienone is 1. The van der Waals surface area contributed by atoms with Crippen LogP contribution in [-0.4, -0.2) is 35.8 Å². The van der Waals surface area contributed by atoms with Crippen molar-refractivity contribution >= 4 is 23.0 Å². The number of fused-ring (bicyclic) bond motifs is 3. The highest BCUT2D eigenvalue weighted by Crippen LogP contribution is 2.41. The average Bonchev–Trinajstić information content (AvgIpc) is 3.16. The van der Waals surface area contributed by atoms with Gasteiger partial charge in [0.2, 0.25) is 5.95 Å². The molecule has 0 amide bonds. The predicted octanol–water partition coefficient (Wildman–Crippen LogP) is 5.08. The van der Waals surface area contributed by atoms with Crippen molar-refractivity contribution in [2.45, 2.75) is 39.7 Å². The molecule has 168 valence electrons. The maximum Gasteiger partial charge on any atom is 0.337 e. The Hall–Kier alpha value is -3.48. The smallest absolute Gasteiger partial charge is 0.337 e. The number of nitrogens with zero attached hydrogens (tertiary/aromatic N) is 2. The Bertz CT molecular complexity index is 1170. The minimum Gasteiger partial charge on any atom is -0.490 e. The van der Waals surface area contributed by atoms with Gasteiger partial charge in [-0.15, -0.1) is 0 Å². The van der Waals surface area contributed by atoms with E-state index >= 15 is 0 Å². The van der Waals surface area contributed by atoms with Gasteiger partial charge in [-0.05, 0) is 50.1 Å². The van der Waals surface area contributed by atoms with Crippen LogP contribution in [0.25, 0.3) is 11.0 Å². The lowest BCUT2D eigenvalue weighted by atomic mass is 9.94. The van der Waals surface area contributed by atoms with Gasteiger partial charge >= 0.3 is 5.97 Å². The topological polar surface area (TPSA) is 74.6 Å². The van der Waals surface area contributed by atoms with E-state index in [1.54, 1.807) is 0 Å². The predicted molar refractivity (Wildman–Crippen MR) is 124 cm³/mol. The minimum atomic E-state index is -0.421. The number of benzene rings is 2. The summed E-state index contributed by atoms with van der Waals surface area (Å²) in [6, 6.07) is 13.3. The summed E-state index contributed by atoms with van der Waals surface area (Å²) in [6.45, 7) is 7.08. The van der Waals surface area contributed by atoms with Crippen molar-refractivity contribution in [1.82, 2.24) is 9.55 Å². The molecule has 0 saturated carbocycles. The molecular formula is C25H29N3O4. The quantitative estimate of drug-likeness (QED) is 0.393. The molecule has 1 atom stereocenters. The van der Waals surface area contributed by atoms with Gasteiger partial charge in [0.15, 0.2) is 11.5 Å². The Morgan fingerprint density at radius 2 is 1.94 bits per heavy atom. The first kappa shape index (κ1) is 21.7. The van der Waals surface area contributed by atoms with Gasteiger partial charge in [-0.25, -0.2) is 9.78 Å². The van der Waals surface area contributed by atoms with Gasteiger partial charge in [0.1, 0.15) is 0 Å². The van der Waals surface area contributed by atoms with Crippen LogP contribution in [0.4, 0.5) is 5.95 Å². The molecule has 1 N–H and O–H groups in total. The first-order valence-corrected chi connectivity index (χ1v) is 11.0. The minimum absolute atomic E-state index is 0.385. The summed E-state index contributed by atoms with van der Waals surface area (Å²) >= 11 is 0. The normalized spacial score (nSPS) is 15.3. The summed E-state index contributed by atoms with van der Waals surface area (Å²) in [7, 11) is 1.40. The number of carbonyl (C=O) groups excluding carboxylic acids is 1. The number of nitrogens with one attached hydrogen (secondary N) is 1. The lowest BCUT2D eigenvalue weighted by Crippen LogP contribution is -2.28. The molecule has 1 aliphatic heterocycles. The number of hydrogen-bond acceptors (Lipinski definition) is 6. The molecular weight excluding hydrogens is 406 g/mol. The van der Waals surface area contributed by atoms with E-state index in [9.17, 15) is 4.79 Å². The molecule has 4 rings (SSSR count). The van der Waals surface area contributed by atoms with Crippen molar-refractivity contribution in [1.29, 1.82) is 0 Å². The van der Waals surface area contributed by atoms with Crippen LogP contribution in [0.1, 0.15) is 45.2 Å². The molecule has 7 heteroatoms. The van der Waals surface area contributed by atoms with Crippen LogP contribution in [0.5, 0.6) is 11.5 Å². The Balaban J connectivity index is 1.87. The van der Waals surface area contributed by atoms with E-state index in [1.807, 2.05) is 60.9 Å². The van der Waals surface area contributed by atoms with E-state index in [0.717, 1.165) is 29.4 Å². The molecule has 1 unspecified atom stereocenters. The van der Waals surface area contributed by atoms with Crippen LogP contribution in [-0.2, 0) is 9.53 Å². The summed E-state index contributed by atoms with van der Waals surface area (Å²) in [6.07, 6.45) is 2.03. The Morgan fingerprint density at radius 3 is 2.69 bits per heavy atom. The van der Waals surface area contributed by atoms with Gasteiger partial charge < -0.3 is 19.5 Å². The molecule has 0 saturated heterocycles. The number of esters is 1. The van der Waals surface area contributed by atoms with Gasteiger partial charge in [-0.1, -0.05) is 31.5 Å². The number of para-hydroxylation sites is 2. The van der Waals surface area contributed by atoms with Crippen molar-refractivity contribution in [3.05, 3.63) is 59.3 Å². The maximum atomic E-state index is 12.9. The molecule has 2 aromatic carbocycles. The Morgan fingerprint density at radius 1 is 1.12 bits per heavy atom. The number of methoxy groups -OCH3 is 1. The van der Waals surface area contributed by atoms with Crippen LogP contribution in [0.15, 0.2) is 53.7 Å². The number of imidazole rings is 1. The highest BCUT2D eigenvalue weighted by Gasteiger charge is 2.35. The standard InChI is InChI=1S/C25H29N3O4/c1-5-7-14-32-20-13-12-17(15-21(20)31-6-2)23-22(24(29)30-4)16(3)26-25-27-18-10-8-9-11-19(18)28(23)25/h8-13,15,23H,5-7,14H2,1-4H3,(H,26,27). The van der Waals surface area contributed by atoms with Crippen molar-refractivity contribution in [2.24, 2.45) is 0 Å². The molecule has 2 heterocycles. The van der Waals surface area contributed by atoms with E-state index < -0.39 is 6.04 Å². The fraction of sp³-hybridized carbons (Fsp3) is 0.360. The second-order valence-corrected chi connectivity index (χ2v) is 7.69. The summed E-state index contributed by atoms with van der Waals surface area (Å²) in [5.41, 5.74) is 3.91. The van der Waals surface area contributed by atoms with E-state index in [2.05, 4.69) is 12.2 Å². The number of anilines is 1. The largest absolute Gasteiger partial charge is 0.490 e. The van der Waals surface area contributed by atoms with Crippen molar-refractivity contribution < 1.29 is 19.0 Å². The Kier molecular flexibility index (Phi) is 6.35. The highest BCUT2D eigenvalue weighted by molar-refractivity contribution is 5.94. The van der Waals surface area contributed by atoms with Crippen LogP contribution >= 0.6 is 0 Å². The van der Waals surface area contributed by atoms with Crippen LogP contribution in [0, 0.1) is 0 Å². The molecule has 0 radical (unpaired) electrons. The van der Waals surface area contributed by atoms with Gasteiger partial charge in [-0.3, -0.25) is 4.57 Å². The van der Waals surface area contributed by atoms with E-state index in [0.29, 0.717) is 41.9 Å². The third-order valence-corrected chi connectivity index (χ3v) is 5.57. The molecule has 3 aromatic rings. The first-order chi connectivity index (χ1) is 15.6. The monoisotopic (exact) mass is 435 g/mol. The SMILES string of the molecule is CCCCOc1ccc(C2C(C(=O)OC)=C(C)Nc3nc4ccccc4n32)cc1OCC. The lowest BCUT2D eigenvalue weighted by molar-refractivity contribution is -0.136. The molecule has 7 nitrogen and oxygen atoms in total. The van der Waals surface area contributed by atoms with Crippen LogP contribution < -0.4 is 14.8 Å². The molecule has 0 spiro atoms. The zero-order valence-electron chi connectivity index (χ0n) is 19.0. The van der Waals surface area contributed by atoms with Crippen molar-refractivity contribution in [3.8, 4) is 11.5 Å². The van der Waals surface area contributed by atoms with E-state index in [-0.39, 0.29) is 5.97 Å². The van der Waals surface area contributed by atoms with E-state index in [4.69, 9.17) is 19.2 Å². The highest BCUT2D eigenvalue weighted by atomic mass is 16.5. The number of ether oxygens (including phenoxy) is 3. The maximum absolute atomic E-state index is 12.9. The third-order valence-electron chi connectivity index (χ3n) is 5.57. The summed E-state index contributed by atoms with van der Waals surface area (Å²) in [4.78, 5) is 17.6. The number of aromatic nitrogens is 2. The third kappa shape index (κ3) is 3.90. The lowest BCUT2D eigenvalue weighted by Gasteiger charge is -2.30. The van der Waals surface area contributed by atoms with Crippen LogP contribution in [0.2, 0.25) is 0 Å². The number of unbranched alkanes of at least 4 members (excludes halogenated alkanes) is 1. The molecule has 32 heavy (non-hydrogen) atoms. The average molecular weight is 436 g/mol. The zero-order chi connectivity index (χ0) is 22.7. The summed E-state index contributed by atoms with van der Waals surface area (Å²) in [5, 5.41) is 3.27. The van der Waals surface area contributed by atoms with Crippen LogP contribution in [0.3, 0.4) is 0 Å². The van der Waals surface area contributed by atoms with Crippen molar-refractivity contribution in [2.75, 3.05) is 25.6 Å². The van der Waals surface area contributed by atoms with Gasteiger partial charge in [-0.2, -0.15) is 0 Å². The van der Waals surface area contributed by atoms with Crippen molar-refractivity contribution in [3.63, 3.8) is 0 Å². The van der Waals surface area contributed by atoms with Gasteiger partial charge in [0.25, 0.3) is 0 Å². The fourth-order valence-corrected chi connectivity index (χ4v) is 4.06.